The predicted molar refractivity (Wildman–Crippen MR) is 91.9 cm³/mol. The Kier molecular flexibility index (Phi) is 25.9. The van der Waals surface area contributed by atoms with Gasteiger partial charge in [0.15, 0.2) is 0 Å². The molecule has 0 heterocycles. The van der Waals surface area contributed by atoms with E-state index in [0.717, 1.165) is 0 Å². The molecule has 9 heteroatoms. The van der Waals surface area contributed by atoms with E-state index in [1.165, 1.54) is 7.05 Å². The molecular formula is C15H35N3O6. The van der Waals surface area contributed by atoms with E-state index in [4.69, 9.17) is 29.4 Å². The number of rotatable bonds is 17. The Hall–Kier alpha value is -0.810. The fourth-order valence-corrected chi connectivity index (χ4v) is 1.39. The monoisotopic (exact) mass is 353 g/mol. The largest absolute Gasteiger partial charge is 0.465 e. The minimum absolute atomic E-state index is 0.208. The van der Waals surface area contributed by atoms with Crippen molar-refractivity contribution >= 4 is 5.97 Å². The summed E-state index contributed by atoms with van der Waals surface area (Å²) in [6.07, 6.45) is 0. The molecule has 146 valence electrons. The van der Waals surface area contributed by atoms with Crippen molar-refractivity contribution in [3.8, 4) is 0 Å². The number of nitrogens with one attached hydrogen (secondary N) is 1. The maximum atomic E-state index is 11.0. The molecule has 0 saturated heterocycles. The highest BCUT2D eigenvalue weighted by atomic mass is 16.6. The number of carbonyl (C=O) groups is 1. The molecule has 0 aromatic carbocycles. The molecular weight excluding hydrogens is 318 g/mol. The van der Waals surface area contributed by atoms with Crippen LogP contribution in [-0.4, -0.2) is 92.1 Å². The number of ether oxygens (including phenoxy) is 5. The average Bonchev–Trinajstić information content (AvgIpc) is 2.60. The molecule has 9 nitrogen and oxygen atoms in total. The maximum absolute atomic E-state index is 11.0. The molecule has 24 heavy (non-hydrogen) atoms. The van der Waals surface area contributed by atoms with E-state index < -0.39 is 0 Å². The van der Waals surface area contributed by atoms with Crippen molar-refractivity contribution in [1.82, 2.24) is 5.32 Å². The van der Waals surface area contributed by atoms with Gasteiger partial charge in [-0.1, -0.05) is 0 Å². The van der Waals surface area contributed by atoms with Crippen LogP contribution in [0.2, 0.25) is 0 Å². The number of esters is 1. The quantitative estimate of drug-likeness (QED) is 0.217. The molecule has 0 amide bonds. The van der Waals surface area contributed by atoms with Crippen LogP contribution in [0.3, 0.4) is 0 Å². The van der Waals surface area contributed by atoms with E-state index in [1.54, 1.807) is 6.92 Å². The van der Waals surface area contributed by atoms with Gasteiger partial charge in [0.05, 0.1) is 66.0 Å². The summed E-state index contributed by atoms with van der Waals surface area (Å²) in [6, 6.07) is 0. The molecule has 0 aromatic heterocycles. The zero-order chi connectivity index (χ0) is 18.3. The summed E-state index contributed by atoms with van der Waals surface area (Å²) < 4.78 is 25.9. The van der Waals surface area contributed by atoms with Crippen LogP contribution in [0.4, 0.5) is 0 Å². The van der Waals surface area contributed by atoms with Gasteiger partial charge in [-0.3, -0.25) is 4.79 Å². The van der Waals surface area contributed by atoms with Crippen molar-refractivity contribution in [2.24, 2.45) is 11.5 Å². The van der Waals surface area contributed by atoms with Crippen molar-refractivity contribution in [3.05, 3.63) is 0 Å². The summed E-state index contributed by atoms with van der Waals surface area (Å²) in [5, 5.41) is 2.93. The third-order valence-electron chi connectivity index (χ3n) is 2.38. The van der Waals surface area contributed by atoms with Gasteiger partial charge in [-0.05, 0) is 14.0 Å². The minimum Gasteiger partial charge on any atom is -0.465 e. The topological polar surface area (TPSA) is 127 Å². The van der Waals surface area contributed by atoms with Crippen molar-refractivity contribution in [2.45, 2.75) is 6.92 Å². The second-order valence-corrected chi connectivity index (χ2v) is 4.22. The summed E-state index contributed by atoms with van der Waals surface area (Å²) in [7, 11) is 1.50. The van der Waals surface area contributed by atoms with Crippen LogP contribution < -0.4 is 16.8 Å². The minimum atomic E-state index is -0.251. The normalized spacial score (nSPS) is 10.2. The first-order chi connectivity index (χ1) is 11.8. The second kappa shape index (κ2) is 24.4. The SMILES string of the molecule is CCOC(=O)CNCCOCCOCCOCCOCCN.CN. The van der Waals surface area contributed by atoms with Gasteiger partial charge in [0.1, 0.15) is 0 Å². The fraction of sp³-hybridized carbons (Fsp3) is 0.933. The van der Waals surface area contributed by atoms with Gasteiger partial charge in [0.2, 0.25) is 0 Å². The van der Waals surface area contributed by atoms with E-state index in [2.05, 4.69) is 11.1 Å². The van der Waals surface area contributed by atoms with Crippen LogP contribution in [0, 0.1) is 0 Å². The highest BCUT2D eigenvalue weighted by molar-refractivity contribution is 5.71. The number of hydrogen-bond acceptors (Lipinski definition) is 9. The lowest BCUT2D eigenvalue weighted by Gasteiger charge is -2.07. The molecule has 0 unspecified atom stereocenters. The van der Waals surface area contributed by atoms with Crippen LogP contribution >= 0.6 is 0 Å². The Morgan fingerprint density at radius 1 is 0.833 bits per heavy atom. The summed E-state index contributed by atoms with van der Waals surface area (Å²) in [5.74, 6) is -0.251. The first-order valence-electron chi connectivity index (χ1n) is 8.26. The lowest BCUT2D eigenvalue weighted by Crippen LogP contribution is -2.28. The van der Waals surface area contributed by atoms with Crippen molar-refractivity contribution in [2.75, 3.05) is 86.1 Å². The zero-order valence-electron chi connectivity index (χ0n) is 15.1. The van der Waals surface area contributed by atoms with Gasteiger partial charge < -0.3 is 40.5 Å². The van der Waals surface area contributed by atoms with E-state index in [1.807, 2.05) is 0 Å². The molecule has 0 saturated carbocycles. The van der Waals surface area contributed by atoms with E-state index in [0.29, 0.717) is 72.6 Å². The van der Waals surface area contributed by atoms with Crippen LogP contribution in [0.5, 0.6) is 0 Å². The van der Waals surface area contributed by atoms with Gasteiger partial charge in [0.25, 0.3) is 0 Å². The standard InChI is InChI=1S/C14H30N2O6.CH5N/c1-2-22-14(17)13-16-4-6-19-8-10-21-12-11-20-9-7-18-5-3-15;1-2/h16H,2-13,15H2,1H3;2H2,1H3. The van der Waals surface area contributed by atoms with Crippen molar-refractivity contribution < 1.29 is 28.5 Å². The van der Waals surface area contributed by atoms with E-state index in [9.17, 15) is 4.79 Å². The summed E-state index contributed by atoms with van der Waals surface area (Å²) in [6.45, 7) is 7.81. The number of carbonyl (C=O) groups excluding carboxylic acids is 1. The van der Waals surface area contributed by atoms with Crippen LogP contribution in [0.25, 0.3) is 0 Å². The molecule has 0 aliphatic heterocycles. The molecule has 0 aliphatic carbocycles. The third-order valence-corrected chi connectivity index (χ3v) is 2.38. The highest BCUT2D eigenvalue weighted by Gasteiger charge is 1.99. The molecule has 0 radical (unpaired) electrons. The predicted octanol–water partition coefficient (Wildman–Crippen LogP) is -1.26. The molecule has 0 spiro atoms. The fourth-order valence-electron chi connectivity index (χ4n) is 1.39. The first-order valence-corrected chi connectivity index (χ1v) is 8.26. The molecule has 0 bridgehead atoms. The number of nitrogens with two attached hydrogens (primary N) is 2. The van der Waals surface area contributed by atoms with Gasteiger partial charge >= 0.3 is 5.97 Å². The lowest BCUT2D eigenvalue weighted by molar-refractivity contribution is -0.142. The third kappa shape index (κ3) is 23.5. The van der Waals surface area contributed by atoms with Gasteiger partial charge in [-0.2, -0.15) is 0 Å². The van der Waals surface area contributed by atoms with E-state index in [-0.39, 0.29) is 12.5 Å². The molecule has 5 N–H and O–H groups in total. The first kappa shape index (κ1) is 25.4. The average molecular weight is 353 g/mol. The van der Waals surface area contributed by atoms with Gasteiger partial charge in [-0.15, -0.1) is 0 Å². The summed E-state index contributed by atoms with van der Waals surface area (Å²) in [5.41, 5.74) is 9.78. The van der Waals surface area contributed by atoms with Crippen molar-refractivity contribution in [3.63, 3.8) is 0 Å². The Bertz CT molecular complexity index is 247. The Morgan fingerprint density at radius 3 is 1.75 bits per heavy atom. The van der Waals surface area contributed by atoms with E-state index >= 15 is 0 Å². The Balaban J connectivity index is 0. The highest BCUT2D eigenvalue weighted by Crippen LogP contribution is 1.82. The molecule has 0 aliphatic rings. The summed E-state index contributed by atoms with van der Waals surface area (Å²) >= 11 is 0. The second-order valence-electron chi connectivity index (χ2n) is 4.22. The van der Waals surface area contributed by atoms with Crippen LogP contribution in [0.15, 0.2) is 0 Å². The summed E-state index contributed by atoms with van der Waals surface area (Å²) in [4.78, 5) is 11.0. The molecule has 0 fully saturated rings. The number of hydrogen-bond donors (Lipinski definition) is 3. The van der Waals surface area contributed by atoms with Crippen LogP contribution in [0.1, 0.15) is 6.92 Å². The Morgan fingerprint density at radius 2 is 1.29 bits per heavy atom. The molecule has 0 aromatic rings. The van der Waals surface area contributed by atoms with Gasteiger partial charge in [0, 0.05) is 13.1 Å². The maximum Gasteiger partial charge on any atom is 0.319 e. The van der Waals surface area contributed by atoms with Gasteiger partial charge in [-0.25, -0.2) is 0 Å². The molecule has 0 rings (SSSR count). The van der Waals surface area contributed by atoms with Crippen molar-refractivity contribution in [1.29, 1.82) is 0 Å². The molecule has 0 atom stereocenters. The lowest BCUT2D eigenvalue weighted by atomic mass is 10.6. The van der Waals surface area contributed by atoms with Crippen LogP contribution in [-0.2, 0) is 28.5 Å². The Labute approximate surface area is 145 Å². The smallest absolute Gasteiger partial charge is 0.319 e. The zero-order valence-corrected chi connectivity index (χ0v) is 15.1.